The maximum Gasteiger partial charge on any atom is 0.326 e. The van der Waals surface area contributed by atoms with Crippen LogP contribution in [0.3, 0.4) is 0 Å². The van der Waals surface area contributed by atoms with E-state index in [0.717, 1.165) is 21.2 Å². The topological polar surface area (TPSA) is 164 Å². The third-order valence-corrected chi connectivity index (χ3v) is 7.81. The molecule has 12 heteroatoms. The quantitative estimate of drug-likeness (QED) is 0.167. The first kappa shape index (κ1) is 29.7. The molecule has 0 aliphatic rings. The van der Waals surface area contributed by atoms with Gasteiger partial charge in [0.25, 0.3) is 0 Å². The van der Waals surface area contributed by atoms with Crippen molar-refractivity contribution in [2.24, 2.45) is 0 Å². The number of nitriles is 1. The zero-order chi connectivity index (χ0) is 30.4. The summed E-state index contributed by atoms with van der Waals surface area (Å²) < 4.78 is 18.3. The van der Waals surface area contributed by atoms with Crippen LogP contribution in [0.2, 0.25) is 0 Å². The van der Waals surface area contributed by atoms with Gasteiger partial charge in [-0.2, -0.15) is 5.26 Å². The molecule has 3 aromatic carbocycles. The summed E-state index contributed by atoms with van der Waals surface area (Å²) >= 11 is 3.72. The second-order valence-corrected chi connectivity index (χ2v) is 10.7. The standard InChI is InChI=1S/C31H26BrN5O6/c1-31(18-38,30(39)40)35-15-24-25(41-16-20-10-19(12-33)13-34-14-20)11-26(29-28(24)36-43-37-29)42-17-22-8-5-9-23(27(22)32)21-6-3-2-4-7-21/h2-11,13-14,35,38H,15-18H2,1H3,(H,39,40)/t31-/m0/s1. The Labute approximate surface area is 254 Å². The van der Waals surface area contributed by atoms with Gasteiger partial charge in [-0.25, -0.2) is 4.63 Å². The predicted molar refractivity (Wildman–Crippen MR) is 159 cm³/mol. The van der Waals surface area contributed by atoms with Gasteiger partial charge in [0.15, 0.2) is 11.3 Å². The van der Waals surface area contributed by atoms with Crippen LogP contribution in [0, 0.1) is 11.3 Å². The molecule has 0 saturated heterocycles. The van der Waals surface area contributed by atoms with Crippen molar-refractivity contribution in [2.75, 3.05) is 6.61 Å². The molecule has 0 aliphatic heterocycles. The number of hydrogen-bond acceptors (Lipinski definition) is 10. The van der Waals surface area contributed by atoms with Crippen molar-refractivity contribution in [2.45, 2.75) is 32.2 Å². The lowest BCUT2D eigenvalue weighted by Crippen LogP contribution is -2.52. The van der Waals surface area contributed by atoms with Gasteiger partial charge in [0.1, 0.15) is 36.1 Å². The average Bonchev–Trinajstić information content (AvgIpc) is 3.53. The van der Waals surface area contributed by atoms with Gasteiger partial charge >= 0.3 is 5.97 Å². The molecule has 0 fully saturated rings. The summed E-state index contributed by atoms with van der Waals surface area (Å²) in [7, 11) is 0. The van der Waals surface area contributed by atoms with Gasteiger partial charge in [0.05, 0.1) is 12.2 Å². The van der Waals surface area contributed by atoms with Gasteiger partial charge < -0.3 is 19.7 Å². The van der Waals surface area contributed by atoms with E-state index in [0.29, 0.717) is 39.2 Å². The zero-order valence-electron chi connectivity index (χ0n) is 23.0. The fraction of sp³-hybridized carbons (Fsp3) is 0.194. The number of carbonyl (C=O) groups is 1. The number of aliphatic hydroxyl groups excluding tert-OH is 1. The molecule has 0 spiro atoms. The zero-order valence-corrected chi connectivity index (χ0v) is 24.5. The Hall–Kier alpha value is -4.83. The first-order valence-electron chi connectivity index (χ1n) is 13.1. The Bertz CT molecular complexity index is 1810. The van der Waals surface area contributed by atoms with E-state index >= 15 is 0 Å². The Kier molecular flexibility index (Phi) is 8.96. The van der Waals surface area contributed by atoms with Crippen molar-refractivity contribution in [3.05, 3.63) is 99.8 Å². The highest BCUT2D eigenvalue weighted by Gasteiger charge is 2.33. The third kappa shape index (κ3) is 6.49. The van der Waals surface area contributed by atoms with E-state index in [2.05, 4.69) is 36.5 Å². The smallest absolute Gasteiger partial charge is 0.326 e. The summed E-state index contributed by atoms with van der Waals surface area (Å²) in [4.78, 5) is 15.9. The molecule has 0 saturated carbocycles. The van der Waals surface area contributed by atoms with Crippen molar-refractivity contribution in [3.63, 3.8) is 0 Å². The number of benzene rings is 3. The predicted octanol–water partition coefficient (Wildman–Crippen LogP) is 5.00. The minimum Gasteiger partial charge on any atom is -0.488 e. The fourth-order valence-electron chi connectivity index (χ4n) is 4.31. The number of carboxylic acids is 1. The van der Waals surface area contributed by atoms with Crippen molar-refractivity contribution in [3.8, 4) is 28.7 Å². The lowest BCUT2D eigenvalue weighted by Gasteiger charge is -2.24. The number of nitrogens with zero attached hydrogens (tertiary/aromatic N) is 4. The molecule has 1 atom stereocenters. The number of ether oxygens (including phenoxy) is 2. The highest BCUT2D eigenvalue weighted by molar-refractivity contribution is 9.10. The van der Waals surface area contributed by atoms with Crippen molar-refractivity contribution < 1.29 is 29.1 Å². The molecule has 3 N–H and O–H groups in total. The Morgan fingerprint density at radius 3 is 2.56 bits per heavy atom. The molecule has 0 radical (unpaired) electrons. The van der Waals surface area contributed by atoms with Crippen LogP contribution < -0.4 is 14.8 Å². The number of aromatic nitrogens is 3. The maximum absolute atomic E-state index is 11.8. The number of aliphatic carboxylic acids is 1. The molecule has 2 aromatic heterocycles. The van der Waals surface area contributed by atoms with Gasteiger partial charge in [0, 0.05) is 46.2 Å². The van der Waals surface area contributed by atoms with Gasteiger partial charge in [-0.15, -0.1) is 0 Å². The highest BCUT2D eigenvalue weighted by atomic mass is 79.9. The Morgan fingerprint density at radius 2 is 1.81 bits per heavy atom. The molecule has 43 heavy (non-hydrogen) atoms. The molecule has 2 heterocycles. The molecule has 5 aromatic rings. The Balaban J connectivity index is 1.48. The molecule has 0 bridgehead atoms. The van der Waals surface area contributed by atoms with E-state index in [1.54, 1.807) is 18.3 Å². The summed E-state index contributed by atoms with van der Waals surface area (Å²) in [6.45, 7) is 0.892. The largest absolute Gasteiger partial charge is 0.488 e. The van der Waals surface area contributed by atoms with Crippen molar-refractivity contribution in [1.82, 2.24) is 20.6 Å². The van der Waals surface area contributed by atoms with E-state index in [1.165, 1.54) is 13.1 Å². The molecule has 0 aliphatic carbocycles. The summed E-state index contributed by atoms with van der Waals surface area (Å²) in [6.07, 6.45) is 3.03. The third-order valence-electron chi connectivity index (χ3n) is 6.88. The van der Waals surface area contributed by atoms with E-state index in [4.69, 9.17) is 14.1 Å². The number of rotatable bonds is 12. The van der Waals surface area contributed by atoms with Gasteiger partial charge in [-0.1, -0.05) is 48.5 Å². The number of hydrogen-bond donors (Lipinski definition) is 3. The second kappa shape index (κ2) is 13.0. The van der Waals surface area contributed by atoms with Crippen LogP contribution in [0.25, 0.3) is 22.2 Å². The maximum atomic E-state index is 11.8. The van der Waals surface area contributed by atoms with E-state index in [9.17, 15) is 20.3 Å². The molecular weight excluding hydrogens is 618 g/mol. The number of halogens is 1. The first-order valence-corrected chi connectivity index (χ1v) is 13.9. The van der Waals surface area contributed by atoms with Crippen LogP contribution in [0.1, 0.15) is 29.2 Å². The highest BCUT2D eigenvalue weighted by Crippen LogP contribution is 2.37. The summed E-state index contributed by atoms with van der Waals surface area (Å²) in [5.74, 6) is -0.579. The molecule has 0 unspecified atom stereocenters. The van der Waals surface area contributed by atoms with E-state index in [-0.39, 0.29) is 19.8 Å². The SMILES string of the molecule is C[C@@](CO)(NCc1c(OCc2cncc(C#N)c2)cc(OCc2cccc(-c3ccccc3)c2Br)c2nonc12)C(=O)O. The number of pyridine rings is 1. The first-order chi connectivity index (χ1) is 20.8. The number of fused-ring (bicyclic) bond motifs is 1. The molecule has 11 nitrogen and oxygen atoms in total. The van der Waals surface area contributed by atoms with Crippen LogP contribution in [0.4, 0.5) is 0 Å². The molecule has 0 amide bonds. The summed E-state index contributed by atoms with van der Waals surface area (Å²) in [5.41, 5.74) is 3.41. The molecule has 218 valence electrons. The monoisotopic (exact) mass is 643 g/mol. The number of aliphatic hydroxyl groups is 1. The molecular formula is C31H26BrN5O6. The lowest BCUT2D eigenvalue weighted by molar-refractivity contribution is -0.145. The van der Waals surface area contributed by atoms with Crippen LogP contribution in [-0.4, -0.2) is 43.6 Å². The van der Waals surface area contributed by atoms with E-state index in [1.807, 2.05) is 54.6 Å². The minimum atomic E-state index is -1.63. The van der Waals surface area contributed by atoms with Crippen LogP contribution in [-0.2, 0) is 24.6 Å². The van der Waals surface area contributed by atoms with Crippen LogP contribution in [0.5, 0.6) is 11.5 Å². The van der Waals surface area contributed by atoms with Gasteiger partial charge in [0.2, 0.25) is 0 Å². The summed E-state index contributed by atoms with van der Waals surface area (Å²) in [5, 5.41) is 39.6. The van der Waals surface area contributed by atoms with Crippen molar-refractivity contribution >= 4 is 32.9 Å². The van der Waals surface area contributed by atoms with Crippen LogP contribution in [0.15, 0.2) is 82.2 Å². The molecule has 5 rings (SSSR count). The number of nitrogens with one attached hydrogen (secondary N) is 1. The van der Waals surface area contributed by atoms with Gasteiger partial charge in [-0.05, 0) is 50.4 Å². The minimum absolute atomic E-state index is 0.0482. The van der Waals surface area contributed by atoms with Crippen molar-refractivity contribution in [1.29, 1.82) is 5.26 Å². The van der Waals surface area contributed by atoms with Gasteiger partial charge in [-0.3, -0.25) is 15.1 Å². The average molecular weight is 644 g/mol. The number of carboxylic acid groups (broad SMARTS) is 1. The lowest BCUT2D eigenvalue weighted by atomic mass is 10.0. The van der Waals surface area contributed by atoms with E-state index < -0.39 is 18.1 Å². The normalized spacial score (nSPS) is 12.4. The second-order valence-electron chi connectivity index (χ2n) is 9.88. The fourth-order valence-corrected chi connectivity index (χ4v) is 4.92. The van der Waals surface area contributed by atoms with Crippen LogP contribution >= 0.6 is 15.9 Å². The Morgan fingerprint density at radius 1 is 1.05 bits per heavy atom. The summed E-state index contributed by atoms with van der Waals surface area (Å²) in [6, 6.07) is 21.2.